The molecule has 0 aliphatic carbocycles. The zero-order valence-corrected chi connectivity index (χ0v) is 14.3. The summed E-state index contributed by atoms with van der Waals surface area (Å²) < 4.78 is 0. The van der Waals surface area contributed by atoms with E-state index in [0.29, 0.717) is 5.88 Å². The van der Waals surface area contributed by atoms with E-state index in [9.17, 15) is 0 Å². The molecule has 0 atom stereocenters. The molecule has 0 aliphatic heterocycles. The first-order valence-electron chi connectivity index (χ1n) is 7.88. The van der Waals surface area contributed by atoms with Crippen LogP contribution in [0.15, 0.2) is 92.0 Å². The fourth-order valence-corrected chi connectivity index (χ4v) is 2.88. The van der Waals surface area contributed by atoms with Crippen LogP contribution in [0.1, 0.15) is 27.8 Å². The van der Waals surface area contributed by atoms with Gasteiger partial charge in [0, 0.05) is 5.88 Å². The molecular weight excluding hydrogens is 312 g/mol. The van der Waals surface area contributed by atoms with Crippen molar-refractivity contribution in [2.24, 2.45) is 0 Å². The fourth-order valence-electron chi connectivity index (χ4n) is 2.71. The highest BCUT2D eigenvalue weighted by molar-refractivity contribution is 6.17. The summed E-state index contributed by atoms with van der Waals surface area (Å²) in [5, 5.41) is 0. The van der Waals surface area contributed by atoms with E-state index in [2.05, 4.69) is 61.7 Å². The van der Waals surface area contributed by atoms with E-state index < -0.39 is 0 Å². The molecule has 0 radical (unpaired) electrons. The van der Waals surface area contributed by atoms with Gasteiger partial charge in [-0.1, -0.05) is 79.9 Å². The van der Waals surface area contributed by atoms with Gasteiger partial charge in [-0.15, -0.1) is 11.6 Å². The number of rotatable bonds is 5. The minimum atomic E-state index is 0.506. The number of hydrogen-bond donors (Lipinski definition) is 0. The van der Waals surface area contributed by atoms with Crippen molar-refractivity contribution in [3.8, 4) is 0 Å². The van der Waals surface area contributed by atoms with Gasteiger partial charge in [0.1, 0.15) is 0 Å². The summed E-state index contributed by atoms with van der Waals surface area (Å²) in [6.45, 7) is 8.52. The van der Waals surface area contributed by atoms with E-state index in [4.69, 9.17) is 11.6 Å². The first-order chi connectivity index (χ1) is 11.7. The lowest BCUT2D eigenvalue weighted by atomic mass is 9.93. The number of benzene rings is 3. The Balaban J connectivity index is 1.93. The number of alkyl halides is 1. The molecule has 0 spiro atoms. The predicted molar refractivity (Wildman–Crippen MR) is 105 cm³/mol. The molecule has 0 fully saturated rings. The average Bonchev–Trinajstić information content (AvgIpc) is 2.67. The average molecular weight is 331 g/mol. The van der Waals surface area contributed by atoms with Gasteiger partial charge >= 0.3 is 0 Å². The molecule has 118 valence electrons. The highest BCUT2D eigenvalue weighted by Gasteiger charge is 2.07. The van der Waals surface area contributed by atoms with Gasteiger partial charge in [0.05, 0.1) is 0 Å². The second kappa shape index (κ2) is 7.33. The molecule has 0 amide bonds. The molecule has 0 aliphatic rings. The summed E-state index contributed by atoms with van der Waals surface area (Å²) in [7, 11) is 0. The van der Waals surface area contributed by atoms with Crippen molar-refractivity contribution in [3.05, 3.63) is 120 Å². The Labute approximate surface area is 148 Å². The van der Waals surface area contributed by atoms with Gasteiger partial charge < -0.3 is 0 Å². The van der Waals surface area contributed by atoms with Crippen LogP contribution in [-0.2, 0) is 5.88 Å². The second-order valence-corrected chi connectivity index (χ2v) is 6.01. The number of halogens is 1. The summed E-state index contributed by atoms with van der Waals surface area (Å²) in [6, 6.07) is 26.8. The van der Waals surface area contributed by atoms with E-state index in [1.807, 2.05) is 30.3 Å². The van der Waals surface area contributed by atoms with Crippen molar-refractivity contribution in [2.75, 3.05) is 0 Å². The lowest BCUT2D eigenvalue weighted by Gasteiger charge is -2.11. The van der Waals surface area contributed by atoms with Crippen molar-refractivity contribution in [3.63, 3.8) is 0 Å². The van der Waals surface area contributed by atoms with Crippen LogP contribution in [0.2, 0.25) is 0 Å². The Morgan fingerprint density at radius 3 is 1.75 bits per heavy atom. The Kier molecular flexibility index (Phi) is 4.98. The standard InChI is InChI=1S/C23H19Cl/c1-17(20-9-4-3-5-10-20)22-12-7-13-23(15-22)18(2)21-11-6-8-19(14-21)16-24/h3-15H,1-2,16H2. The Morgan fingerprint density at radius 2 is 1.12 bits per heavy atom. The lowest BCUT2D eigenvalue weighted by molar-refractivity contribution is 1.38. The second-order valence-electron chi connectivity index (χ2n) is 5.74. The SMILES string of the molecule is C=C(c1ccccc1)c1cccc(C(=C)c2cccc(CCl)c2)c1. The Morgan fingerprint density at radius 1 is 0.625 bits per heavy atom. The third-order valence-electron chi connectivity index (χ3n) is 4.11. The highest BCUT2D eigenvalue weighted by Crippen LogP contribution is 2.27. The van der Waals surface area contributed by atoms with Gasteiger partial charge in [-0.2, -0.15) is 0 Å². The summed E-state index contributed by atoms with van der Waals surface area (Å²) in [5.74, 6) is 0.506. The van der Waals surface area contributed by atoms with Crippen molar-refractivity contribution in [1.29, 1.82) is 0 Å². The molecule has 0 heterocycles. The first-order valence-corrected chi connectivity index (χ1v) is 8.42. The lowest BCUT2D eigenvalue weighted by Crippen LogP contribution is -1.91. The quantitative estimate of drug-likeness (QED) is 0.465. The minimum absolute atomic E-state index is 0.506. The molecule has 0 unspecified atom stereocenters. The molecule has 0 bridgehead atoms. The molecule has 3 aromatic carbocycles. The topological polar surface area (TPSA) is 0 Å². The van der Waals surface area contributed by atoms with Crippen molar-refractivity contribution in [2.45, 2.75) is 5.88 Å². The van der Waals surface area contributed by atoms with Crippen LogP contribution in [0.25, 0.3) is 11.1 Å². The maximum Gasteiger partial charge on any atom is 0.0474 e. The van der Waals surface area contributed by atoms with E-state index in [1.165, 1.54) is 0 Å². The zero-order valence-electron chi connectivity index (χ0n) is 13.5. The third kappa shape index (κ3) is 3.50. The largest absolute Gasteiger partial charge is 0.122 e. The van der Waals surface area contributed by atoms with Gasteiger partial charge in [0.25, 0.3) is 0 Å². The normalized spacial score (nSPS) is 10.4. The third-order valence-corrected chi connectivity index (χ3v) is 4.42. The Bertz CT molecular complexity index is 875. The van der Waals surface area contributed by atoms with E-state index >= 15 is 0 Å². The van der Waals surface area contributed by atoms with Crippen LogP contribution in [0.5, 0.6) is 0 Å². The predicted octanol–water partition coefficient (Wildman–Crippen LogP) is 6.55. The van der Waals surface area contributed by atoms with Gasteiger partial charge in [0.15, 0.2) is 0 Å². The molecule has 0 N–H and O–H groups in total. The molecule has 0 saturated heterocycles. The van der Waals surface area contributed by atoms with Gasteiger partial charge in [0.2, 0.25) is 0 Å². The van der Waals surface area contributed by atoms with Gasteiger partial charge in [-0.3, -0.25) is 0 Å². The number of hydrogen-bond acceptors (Lipinski definition) is 0. The molecule has 0 aromatic heterocycles. The van der Waals surface area contributed by atoms with Gasteiger partial charge in [-0.05, 0) is 51.1 Å². The van der Waals surface area contributed by atoms with Crippen molar-refractivity contribution < 1.29 is 0 Å². The Hall–Kier alpha value is -2.57. The van der Waals surface area contributed by atoms with Gasteiger partial charge in [-0.25, -0.2) is 0 Å². The van der Waals surface area contributed by atoms with Crippen molar-refractivity contribution >= 4 is 22.7 Å². The van der Waals surface area contributed by atoms with E-state index in [-0.39, 0.29) is 0 Å². The van der Waals surface area contributed by atoms with Crippen LogP contribution in [0.3, 0.4) is 0 Å². The van der Waals surface area contributed by atoms with Crippen LogP contribution in [0, 0.1) is 0 Å². The van der Waals surface area contributed by atoms with Crippen LogP contribution in [-0.4, -0.2) is 0 Å². The molecule has 3 rings (SSSR count). The fraction of sp³-hybridized carbons (Fsp3) is 0.0435. The monoisotopic (exact) mass is 330 g/mol. The molecule has 3 aromatic rings. The smallest absolute Gasteiger partial charge is 0.0474 e. The first kappa shape index (κ1) is 16.3. The molecular formula is C23H19Cl. The van der Waals surface area contributed by atoms with E-state index in [0.717, 1.165) is 39.0 Å². The molecule has 0 saturated carbocycles. The van der Waals surface area contributed by atoms with Crippen LogP contribution >= 0.6 is 11.6 Å². The zero-order chi connectivity index (χ0) is 16.9. The highest BCUT2D eigenvalue weighted by atomic mass is 35.5. The molecule has 1 heteroatoms. The minimum Gasteiger partial charge on any atom is -0.122 e. The molecule has 24 heavy (non-hydrogen) atoms. The summed E-state index contributed by atoms with van der Waals surface area (Å²) in [6.07, 6.45) is 0. The maximum atomic E-state index is 5.94. The maximum absolute atomic E-state index is 5.94. The summed E-state index contributed by atoms with van der Waals surface area (Å²) in [4.78, 5) is 0. The van der Waals surface area contributed by atoms with Crippen molar-refractivity contribution in [1.82, 2.24) is 0 Å². The summed E-state index contributed by atoms with van der Waals surface area (Å²) >= 11 is 5.94. The van der Waals surface area contributed by atoms with Crippen LogP contribution < -0.4 is 0 Å². The summed E-state index contributed by atoms with van der Waals surface area (Å²) in [5.41, 5.74) is 7.52. The van der Waals surface area contributed by atoms with E-state index in [1.54, 1.807) is 0 Å². The molecule has 0 nitrogen and oxygen atoms in total. The van der Waals surface area contributed by atoms with Crippen LogP contribution in [0.4, 0.5) is 0 Å².